The van der Waals surface area contributed by atoms with Crippen LogP contribution in [0.3, 0.4) is 0 Å². The molecular weight excluding hydrogens is 757 g/mol. The van der Waals surface area contributed by atoms with E-state index in [1.54, 1.807) is 6.92 Å². The second-order valence-electron chi connectivity index (χ2n) is 12.0. The molecule has 1 unspecified atom stereocenters. The number of hydrogen-bond donors (Lipinski definition) is 2. The Balaban J connectivity index is 2.05. The van der Waals surface area contributed by atoms with E-state index in [0.717, 1.165) is 0 Å². The second kappa shape index (κ2) is 15.6. The van der Waals surface area contributed by atoms with Crippen LogP contribution in [0.1, 0.15) is 69.4 Å². The number of ether oxygens (including phenoxy) is 1. The standard InChI is InChI=1S/C36H26F13NO4/c1-2-19(12-30(51)52)20-5-3-18(4-6-20)17-33(22-8-10-29(39)27(15-22)35(45,46)47,23-13-24(37)16-25(14-23)54-36(48,49)32(40)41)50-31(53)21-7-9-28(38)26(11-21)34(42,43)44/h3-11,13-16,19,32H,2,12,17H2,1H3,(H,50,53)(H,51,52)/t19-,33?/m1/s1. The van der Waals surface area contributed by atoms with Crippen LogP contribution in [0.4, 0.5) is 57.1 Å². The summed E-state index contributed by atoms with van der Waals surface area (Å²) in [6, 6.07) is 8.39. The summed E-state index contributed by atoms with van der Waals surface area (Å²) < 4.78 is 185. The Bertz CT molecular complexity index is 2000. The first kappa shape index (κ1) is 41.5. The number of rotatable bonds is 13. The second-order valence-corrected chi connectivity index (χ2v) is 12.0. The summed E-state index contributed by atoms with van der Waals surface area (Å²) in [7, 11) is 0. The molecular formula is C36H26F13NO4. The molecule has 0 radical (unpaired) electrons. The zero-order chi connectivity index (χ0) is 40.4. The lowest BCUT2D eigenvalue weighted by atomic mass is 9.76. The van der Waals surface area contributed by atoms with E-state index in [1.165, 1.54) is 24.3 Å². The van der Waals surface area contributed by atoms with Gasteiger partial charge in [-0.1, -0.05) is 37.3 Å². The number of alkyl halides is 10. The van der Waals surface area contributed by atoms with Gasteiger partial charge in [0.05, 0.1) is 23.1 Å². The lowest BCUT2D eigenvalue weighted by Gasteiger charge is -2.37. The summed E-state index contributed by atoms with van der Waals surface area (Å²) >= 11 is 0. The normalized spacial score (nSPS) is 14.1. The lowest BCUT2D eigenvalue weighted by molar-refractivity contribution is -0.253. The van der Waals surface area contributed by atoms with E-state index in [4.69, 9.17) is 0 Å². The molecule has 0 aliphatic heterocycles. The first-order valence-electron chi connectivity index (χ1n) is 15.5. The van der Waals surface area contributed by atoms with Crippen molar-refractivity contribution < 1.29 is 76.5 Å². The third-order valence-corrected chi connectivity index (χ3v) is 8.33. The molecule has 4 aromatic rings. The molecule has 0 saturated heterocycles. The molecule has 18 heteroatoms. The number of benzene rings is 4. The molecule has 2 atom stereocenters. The first-order chi connectivity index (χ1) is 25.0. The average molecular weight is 784 g/mol. The van der Waals surface area contributed by atoms with Crippen molar-refractivity contribution in [2.45, 2.75) is 62.5 Å². The molecule has 54 heavy (non-hydrogen) atoms. The van der Waals surface area contributed by atoms with Gasteiger partial charge in [-0.25, -0.2) is 13.2 Å². The van der Waals surface area contributed by atoms with Crippen LogP contribution in [-0.2, 0) is 29.1 Å². The summed E-state index contributed by atoms with van der Waals surface area (Å²) in [4.78, 5) is 25.2. The predicted molar refractivity (Wildman–Crippen MR) is 164 cm³/mol. The van der Waals surface area contributed by atoms with Crippen LogP contribution in [0.15, 0.2) is 78.9 Å². The first-order valence-corrected chi connectivity index (χ1v) is 15.5. The molecule has 0 aromatic heterocycles. The quantitative estimate of drug-likeness (QED) is 0.133. The number of nitrogens with one attached hydrogen (secondary N) is 1. The van der Waals surface area contributed by atoms with Crippen LogP contribution in [0.2, 0.25) is 0 Å². The molecule has 0 fully saturated rings. The minimum atomic E-state index is -5.44. The Morgan fingerprint density at radius 1 is 0.741 bits per heavy atom. The highest BCUT2D eigenvalue weighted by Crippen LogP contribution is 2.42. The van der Waals surface area contributed by atoms with Crippen LogP contribution in [0.25, 0.3) is 0 Å². The number of halogens is 13. The number of amides is 1. The maximum Gasteiger partial charge on any atom is 0.461 e. The SMILES string of the molecule is CC[C@H](CC(=O)O)c1ccc(CC(NC(=O)c2ccc(F)c(C(F)(F)F)c2)(c2cc(F)cc(OC(F)(F)C(F)F)c2)c2ccc(F)c(C(F)(F)F)c2)cc1. The molecule has 0 saturated carbocycles. The molecule has 1 amide bonds. The van der Waals surface area contributed by atoms with Gasteiger partial charge in [0.1, 0.15) is 23.2 Å². The molecule has 0 spiro atoms. The highest BCUT2D eigenvalue weighted by molar-refractivity contribution is 5.95. The fourth-order valence-corrected chi connectivity index (χ4v) is 5.71. The number of carboxylic acids is 1. The van der Waals surface area contributed by atoms with Crippen molar-refractivity contribution in [3.63, 3.8) is 0 Å². The van der Waals surface area contributed by atoms with Crippen LogP contribution in [0, 0.1) is 17.5 Å². The lowest BCUT2D eigenvalue weighted by Crippen LogP contribution is -2.49. The van der Waals surface area contributed by atoms with Crippen molar-refractivity contribution in [2.75, 3.05) is 0 Å². The molecule has 0 bridgehead atoms. The van der Waals surface area contributed by atoms with Crippen molar-refractivity contribution in [2.24, 2.45) is 0 Å². The van der Waals surface area contributed by atoms with E-state index in [1.807, 2.05) is 0 Å². The number of carboxylic acid groups (broad SMARTS) is 1. The van der Waals surface area contributed by atoms with E-state index >= 15 is 4.39 Å². The smallest absolute Gasteiger partial charge is 0.461 e. The fourth-order valence-electron chi connectivity index (χ4n) is 5.71. The van der Waals surface area contributed by atoms with Gasteiger partial charge in [0.2, 0.25) is 0 Å². The maximum absolute atomic E-state index is 15.2. The molecule has 4 rings (SSSR count). The maximum atomic E-state index is 15.2. The van der Waals surface area contributed by atoms with Crippen LogP contribution >= 0.6 is 0 Å². The molecule has 2 N–H and O–H groups in total. The summed E-state index contributed by atoms with van der Waals surface area (Å²) in [5, 5.41) is 11.5. The van der Waals surface area contributed by atoms with Crippen molar-refractivity contribution in [1.82, 2.24) is 5.32 Å². The van der Waals surface area contributed by atoms with Crippen molar-refractivity contribution in [3.8, 4) is 5.75 Å². The van der Waals surface area contributed by atoms with Gasteiger partial charge >= 0.3 is 30.9 Å². The zero-order valence-corrected chi connectivity index (χ0v) is 27.4. The molecule has 290 valence electrons. The minimum absolute atomic E-state index is 0.0156. The Morgan fingerprint density at radius 2 is 1.31 bits per heavy atom. The monoisotopic (exact) mass is 783 g/mol. The molecule has 0 aliphatic carbocycles. The van der Waals surface area contributed by atoms with Gasteiger partial charge in [-0.2, -0.15) is 43.9 Å². The number of carbonyl (C=O) groups is 2. The van der Waals surface area contributed by atoms with Gasteiger partial charge in [0, 0.05) is 18.1 Å². The molecule has 5 nitrogen and oxygen atoms in total. The minimum Gasteiger partial charge on any atom is -0.481 e. The number of carbonyl (C=O) groups excluding carboxylic acids is 1. The van der Waals surface area contributed by atoms with E-state index in [0.29, 0.717) is 36.2 Å². The third kappa shape index (κ3) is 9.43. The van der Waals surface area contributed by atoms with E-state index < -0.39 is 106 Å². The van der Waals surface area contributed by atoms with Gasteiger partial charge in [-0.15, -0.1) is 0 Å². The van der Waals surface area contributed by atoms with Crippen molar-refractivity contribution in [1.29, 1.82) is 0 Å². The van der Waals surface area contributed by atoms with Crippen molar-refractivity contribution in [3.05, 3.63) is 135 Å². The third-order valence-electron chi connectivity index (χ3n) is 8.33. The summed E-state index contributed by atoms with van der Waals surface area (Å²) in [5.74, 6) is -9.85. The molecule has 0 heterocycles. The Hall–Kier alpha value is -5.29. The Labute approximate surface area is 297 Å². The number of hydrogen-bond acceptors (Lipinski definition) is 3. The summed E-state index contributed by atoms with van der Waals surface area (Å²) in [6.07, 6.45) is -21.4. The summed E-state index contributed by atoms with van der Waals surface area (Å²) in [6.45, 7) is 1.68. The topological polar surface area (TPSA) is 75.6 Å². The van der Waals surface area contributed by atoms with Gasteiger partial charge in [-0.05, 0) is 77.1 Å². The summed E-state index contributed by atoms with van der Waals surface area (Å²) in [5.41, 5.74) is -8.73. The fraction of sp³-hybridized carbons (Fsp3) is 0.278. The van der Waals surface area contributed by atoms with Crippen molar-refractivity contribution >= 4 is 11.9 Å². The molecule has 0 aliphatic rings. The van der Waals surface area contributed by atoms with E-state index in [2.05, 4.69) is 10.1 Å². The van der Waals surface area contributed by atoms with Gasteiger partial charge in [0.25, 0.3) is 5.91 Å². The van der Waals surface area contributed by atoms with E-state index in [-0.39, 0.29) is 42.3 Å². The average Bonchev–Trinajstić information content (AvgIpc) is 3.06. The zero-order valence-electron chi connectivity index (χ0n) is 27.4. The van der Waals surface area contributed by atoms with Crippen LogP contribution < -0.4 is 10.1 Å². The Morgan fingerprint density at radius 3 is 1.85 bits per heavy atom. The predicted octanol–water partition coefficient (Wildman–Crippen LogP) is 10.3. The molecule has 4 aromatic carbocycles. The van der Waals surface area contributed by atoms with E-state index in [9.17, 15) is 67.4 Å². The van der Waals surface area contributed by atoms with Gasteiger partial charge < -0.3 is 15.2 Å². The largest absolute Gasteiger partial charge is 0.481 e. The highest BCUT2D eigenvalue weighted by Gasteiger charge is 2.46. The van der Waals surface area contributed by atoms with Gasteiger partial charge in [0.15, 0.2) is 0 Å². The van der Waals surface area contributed by atoms with Crippen LogP contribution in [-0.4, -0.2) is 29.5 Å². The Kier molecular flexibility index (Phi) is 12.0. The van der Waals surface area contributed by atoms with Gasteiger partial charge in [-0.3, -0.25) is 9.59 Å². The van der Waals surface area contributed by atoms with Crippen LogP contribution in [0.5, 0.6) is 5.75 Å². The highest BCUT2D eigenvalue weighted by atomic mass is 19.4. The number of aliphatic carboxylic acids is 1.